The number of carbonyl (C=O) groups excluding carboxylic acids is 1. The summed E-state index contributed by atoms with van der Waals surface area (Å²) in [6, 6.07) is 8.09. The third-order valence-electron chi connectivity index (χ3n) is 2.27. The molecule has 0 aliphatic carbocycles. The monoisotopic (exact) mass is 330 g/mol. The van der Waals surface area contributed by atoms with E-state index in [0.717, 1.165) is 11.3 Å². The summed E-state index contributed by atoms with van der Waals surface area (Å²) in [5, 5.41) is 1.61. The summed E-state index contributed by atoms with van der Waals surface area (Å²) in [4.78, 5) is 13.4. The SMILES string of the molecule is O=C(COc1ccc(F)cc1)NNS(=O)(=O)c1cccs1. The number of amides is 1. The molecule has 0 bridgehead atoms. The van der Waals surface area contributed by atoms with Crippen LogP contribution in [0, 0.1) is 5.82 Å². The topological polar surface area (TPSA) is 84.5 Å². The molecule has 1 amide bonds. The Morgan fingerprint density at radius 1 is 1.24 bits per heavy atom. The van der Waals surface area contributed by atoms with Crippen LogP contribution >= 0.6 is 11.3 Å². The summed E-state index contributed by atoms with van der Waals surface area (Å²) in [6.45, 7) is -0.404. The molecule has 0 unspecified atom stereocenters. The highest BCUT2D eigenvalue weighted by Gasteiger charge is 2.15. The molecular formula is C12H11FN2O4S2. The number of halogens is 1. The van der Waals surface area contributed by atoms with Crippen LogP contribution in [0.15, 0.2) is 46.0 Å². The van der Waals surface area contributed by atoms with E-state index in [-0.39, 0.29) is 4.21 Å². The summed E-state index contributed by atoms with van der Waals surface area (Å²) in [7, 11) is -3.77. The van der Waals surface area contributed by atoms with Crippen LogP contribution in [-0.4, -0.2) is 20.9 Å². The molecule has 1 heterocycles. The van der Waals surface area contributed by atoms with Gasteiger partial charge in [0.2, 0.25) is 0 Å². The molecule has 0 fully saturated rings. The van der Waals surface area contributed by atoms with Crippen LogP contribution in [0.3, 0.4) is 0 Å². The average molecular weight is 330 g/mol. The van der Waals surface area contributed by atoms with Crippen LogP contribution in [0.2, 0.25) is 0 Å². The maximum absolute atomic E-state index is 12.7. The fourth-order valence-corrected chi connectivity index (χ4v) is 3.16. The van der Waals surface area contributed by atoms with Gasteiger partial charge in [0.25, 0.3) is 15.9 Å². The lowest BCUT2D eigenvalue weighted by Crippen LogP contribution is -2.43. The summed E-state index contributed by atoms with van der Waals surface area (Å²) >= 11 is 1.02. The van der Waals surface area contributed by atoms with Gasteiger partial charge in [-0.15, -0.1) is 16.2 Å². The normalized spacial score (nSPS) is 11.1. The van der Waals surface area contributed by atoms with E-state index in [2.05, 4.69) is 0 Å². The van der Waals surface area contributed by atoms with E-state index in [1.54, 1.807) is 11.4 Å². The molecule has 0 saturated heterocycles. The van der Waals surface area contributed by atoms with Gasteiger partial charge < -0.3 is 4.74 Å². The van der Waals surface area contributed by atoms with E-state index in [9.17, 15) is 17.6 Å². The van der Waals surface area contributed by atoms with Crippen molar-refractivity contribution in [2.75, 3.05) is 6.61 Å². The Hall–Kier alpha value is -1.97. The maximum atomic E-state index is 12.7. The third-order valence-corrected chi connectivity index (χ3v) is 4.91. The molecule has 0 aliphatic heterocycles. The van der Waals surface area contributed by atoms with Crippen LogP contribution in [0.4, 0.5) is 4.39 Å². The van der Waals surface area contributed by atoms with Gasteiger partial charge >= 0.3 is 0 Å². The highest BCUT2D eigenvalue weighted by molar-refractivity contribution is 7.91. The molecule has 2 aromatic rings. The molecule has 0 spiro atoms. The van der Waals surface area contributed by atoms with Gasteiger partial charge in [0.1, 0.15) is 15.8 Å². The molecule has 1 aromatic heterocycles. The van der Waals surface area contributed by atoms with Crippen LogP contribution < -0.4 is 15.0 Å². The maximum Gasteiger partial charge on any atom is 0.272 e. The van der Waals surface area contributed by atoms with Crippen molar-refractivity contribution in [3.05, 3.63) is 47.6 Å². The molecule has 1 aromatic carbocycles. The van der Waals surface area contributed by atoms with Crippen molar-refractivity contribution in [1.29, 1.82) is 0 Å². The second-order valence-electron chi connectivity index (χ2n) is 3.83. The molecule has 0 aliphatic rings. The molecule has 2 rings (SSSR count). The van der Waals surface area contributed by atoms with E-state index >= 15 is 0 Å². The van der Waals surface area contributed by atoms with Crippen molar-refractivity contribution in [3.8, 4) is 5.75 Å². The minimum absolute atomic E-state index is 0.0854. The van der Waals surface area contributed by atoms with Gasteiger partial charge in [-0.1, -0.05) is 6.07 Å². The van der Waals surface area contributed by atoms with Gasteiger partial charge in [-0.25, -0.2) is 12.8 Å². The molecular weight excluding hydrogens is 319 g/mol. The second-order valence-corrected chi connectivity index (χ2v) is 6.69. The zero-order valence-electron chi connectivity index (χ0n) is 10.6. The molecule has 0 saturated carbocycles. The lowest BCUT2D eigenvalue weighted by atomic mass is 10.3. The Morgan fingerprint density at radius 2 is 1.95 bits per heavy atom. The number of hydrogen-bond donors (Lipinski definition) is 2. The Morgan fingerprint density at radius 3 is 2.57 bits per heavy atom. The highest BCUT2D eigenvalue weighted by atomic mass is 32.2. The zero-order valence-corrected chi connectivity index (χ0v) is 12.2. The summed E-state index contributed by atoms with van der Waals surface area (Å²) in [5.41, 5.74) is 2.02. The first-order valence-electron chi connectivity index (χ1n) is 5.70. The fraction of sp³-hybridized carbons (Fsp3) is 0.0833. The Kier molecular flexibility index (Phi) is 4.89. The minimum atomic E-state index is -3.77. The van der Waals surface area contributed by atoms with Crippen molar-refractivity contribution in [2.24, 2.45) is 0 Å². The van der Waals surface area contributed by atoms with E-state index in [1.165, 1.54) is 30.3 Å². The predicted molar refractivity (Wildman–Crippen MR) is 74.7 cm³/mol. The van der Waals surface area contributed by atoms with E-state index < -0.39 is 28.4 Å². The van der Waals surface area contributed by atoms with Gasteiger partial charge in [0.05, 0.1) is 0 Å². The van der Waals surface area contributed by atoms with Crippen molar-refractivity contribution in [3.63, 3.8) is 0 Å². The van der Waals surface area contributed by atoms with E-state index in [1.807, 2.05) is 10.3 Å². The lowest BCUT2D eigenvalue weighted by Gasteiger charge is -2.08. The molecule has 6 nitrogen and oxygen atoms in total. The van der Waals surface area contributed by atoms with Crippen LogP contribution in [0.25, 0.3) is 0 Å². The average Bonchev–Trinajstić information content (AvgIpc) is 3.00. The Balaban J connectivity index is 1.81. The molecule has 9 heteroatoms. The quantitative estimate of drug-likeness (QED) is 0.781. The molecule has 0 atom stereocenters. The minimum Gasteiger partial charge on any atom is -0.484 e. The number of benzene rings is 1. The summed E-state index contributed by atoms with van der Waals surface area (Å²) < 4.78 is 41.2. The predicted octanol–water partition coefficient (Wildman–Crippen LogP) is 1.28. The second kappa shape index (κ2) is 6.66. The van der Waals surface area contributed by atoms with E-state index in [0.29, 0.717) is 5.75 Å². The van der Waals surface area contributed by atoms with Crippen LogP contribution in [0.5, 0.6) is 5.75 Å². The zero-order chi connectivity index (χ0) is 15.3. The summed E-state index contributed by atoms with van der Waals surface area (Å²) in [6.07, 6.45) is 0. The van der Waals surface area contributed by atoms with Crippen molar-refractivity contribution < 1.29 is 22.3 Å². The van der Waals surface area contributed by atoms with Gasteiger partial charge in [-0.3, -0.25) is 10.2 Å². The van der Waals surface area contributed by atoms with Gasteiger partial charge in [0.15, 0.2) is 6.61 Å². The van der Waals surface area contributed by atoms with Gasteiger partial charge in [0, 0.05) is 0 Å². The highest BCUT2D eigenvalue weighted by Crippen LogP contribution is 2.14. The molecule has 21 heavy (non-hydrogen) atoms. The third kappa shape index (κ3) is 4.52. The van der Waals surface area contributed by atoms with Crippen molar-refractivity contribution in [1.82, 2.24) is 10.3 Å². The van der Waals surface area contributed by atoms with Crippen LogP contribution in [-0.2, 0) is 14.8 Å². The molecule has 2 N–H and O–H groups in total. The first-order chi connectivity index (χ1) is 9.97. The number of rotatable bonds is 6. The largest absolute Gasteiger partial charge is 0.484 e. The number of carbonyl (C=O) groups is 1. The first-order valence-corrected chi connectivity index (χ1v) is 8.06. The smallest absolute Gasteiger partial charge is 0.272 e. The number of nitrogens with one attached hydrogen (secondary N) is 2. The Bertz CT molecular complexity index is 699. The first kappa shape index (κ1) is 15.4. The fourth-order valence-electron chi connectivity index (χ4n) is 1.31. The summed E-state index contributed by atoms with van der Waals surface area (Å²) in [5.74, 6) is -0.803. The lowest BCUT2D eigenvalue weighted by molar-refractivity contribution is -0.123. The number of ether oxygens (including phenoxy) is 1. The number of hydrogen-bond acceptors (Lipinski definition) is 5. The van der Waals surface area contributed by atoms with Crippen molar-refractivity contribution in [2.45, 2.75) is 4.21 Å². The number of thiophene rings is 1. The molecule has 0 radical (unpaired) electrons. The van der Waals surface area contributed by atoms with Gasteiger partial charge in [-0.05, 0) is 35.7 Å². The number of sulfonamides is 1. The van der Waals surface area contributed by atoms with Crippen molar-refractivity contribution >= 4 is 27.3 Å². The van der Waals surface area contributed by atoms with Gasteiger partial charge in [-0.2, -0.15) is 0 Å². The Labute approximate surface area is 124 Å². The van der Waals surface area contributed by atoms with Crippen LogP contribution in [0.1, 0.15) is 0 Å². The molecule has 112 valence electrons. The van der Waals surface area contributed by atoms with E-state index in [4.69, 9.17) is 4.74 Å². The standard InChI is InChI=1S/C12H11FN2O4S2/c13-9-3-5-10(6-4-9)19-8-11(16)14-15-21(17,18)12-2-1-7-20-12/h1-7,15H,8H2,(H,14,16). The number of hydrazine groups is 1.